The van der Waals surface area contributed by atoms with Crippen LogP contribution in [-0.2, 0) is 0 Å². The van der Waals surface area contributed by atoms with E-state index in [1.54, 1.807) is 0 Å². The summed E-state index contributed by atoms with van der Waals surface area (Å²) in [4.78, 5) is 10.1. The highest BCUT2D eigenvalue weighted by Gasteiger charge is 2.17. The molecule has 9 rings (SSSR count). The number of fused-ring (bicyclic) bond motifs is 11. The van der Waals surface area contributed by atoms with Gasteiger partial charge in [-0.2, -0.15) is 0 Å². The quantitative estimate of drug-likeness (QED) is 0.212. The molecule has 0 fully saturated rings. The number of aromatic nitrogens is 2. The van der Waals surface area contributed by atoms with Gasteiger partial charge in [0.15, 0.2) is 0 Å². The minimum atomic E-state index is 0.858. The van der Waals surface area contributed by atoms with Crippen molar-refractivity contribution < 1.29 is 4.42 Å². The largest absolute Gasteiger partial charge is 0.455 e. The zero-order chi connectivity index (χ0) is 26.9. The third-order valence-electron chi connectivity index (χ3n) is 8.29. The van der Waals surface area contributed by atoms with Gasteiger partial charge in [-0.05, 0) is 39.2 Å². The van der Waals surface area contributed by atoms with Crippen LogP contribution in [0.5, 0.6) is 0 Å². The predicted octanol–water partition coefficient (Wildman–Crippen LogP) is 10.3. The predicted molar refractivity (Wildman–Crippen MR) is 170 cm³/mol. The fraction of sp³-hybridized carbons (Fsp3) is 0. The van der Waals surface area contributed by atoms with Crippen LogP contribution in [0.15, 0.2) is 138 Å². The van der Waals surface area contributed by atoms with Crippen molar-refractivity contribution in [3.63, 3.8) is 0 Å². The number of furan rings is 1. The van der Waals surface area contributed by atoms with E-state index < -0.39 is 0 Å². The van der Waals surface area contributed by atoms with Crippen molar-refractivity contribution in [3.8, 4) is 22.4 Å². The Kier molecular flexibility index (Phi) is 4.61. The van der Waals surface area contributed by atoms with Gasteiger partial charge in [-0.1, -0.05) is 115 Å². The lowest BCUT2D eigenvalue weighted by molar-refractivity contribution is 0.670. The first-order valence-electron chi connectivity index (χ1n) is 13.8. The first-order valence-corrected chi connectivity index (χ1v) is 13.8. The lowest BCUT2D eigenvalue weighted by Crippen LogP contribution is -1.92. The van der Waals surface area contributed by atoms with Gasteiger partial charge in [0.1, 0.15) is 11.2 Å². The fourth-order valence-electron chi connectivity index (χ4n) is 6.37. The zero-order valence-electron chi connectivity index (χ0n) is 22.0. The van der Waals surface area contributed by atoms with Gasteiger partial charge in [0.05, 0.1) is 22.9 Å². The van der Waals surface area contributed by atoms with Crippen LogP contribution in [0.4, 0.5) is 0 Å². The lowest BCUT2D eigenvalue weighted by atomic mass is 9.95. The van der Waals surface area contributed by atoms with E-state index in [-0.39, 0.29) is 0 Å². The zero-order valence-corrected chi connectivity index (χ0v) is 22.0. The van der Waals surface area contributed by atoms with Gasteiger partial charge in [-0.3, -0.25) is 4.98 Å². The molecule has 0 aliphatic carbocycles. The number of para-hydroxylation sites is 1. The number of hydrogen-bond acceptors (Lipinski definition) is 3. The minimum Gasteiger partial charge on any atom is -0.455 e. The van der Waals surface area contributed by atoms with E-state index in [0.29, 0.717) is 0 Å². The lowest BCUT2D eigenvalue weighted by Gasteiger charge is -2.11. The summed E-state index contributed by atoms with van der Waals surface area (Å²) in [6, 6.07) is 44.6. The molecule has 7 aromatic carbocycles. The molecule has 9 aromatic rings. The van der Waals surface area contributed by atoms with Crippen molar-refractivity contribution in [1.82, 2.24) is 9.97 Å². The summed E-state index contributed by atoms with van der Waals surface area (Å²) in [5.41, 5.74) is 7.77. The number of hydrogen-bond donors (Lipinski definition) is 0. The first kappa shape index (κ1) is 22.3. The maximum Gasteiger partial charge on any atom is 0.143 e. The third-order valence-corrected chi connectivity index (χ3v) is 8.29. The normalized spacial score (nSPS) is 11.9. The van der Waals surface area contributed by atoms with Gasteiger partial charge >= 0.3 is 0 Å². The molecular weight excluding hydrogens is 500 g/mol. The summed E-state index contributed by atoms with van der Waals surface area (Å²) in [5.74, 6) is 0. The second kappa shape index (κ2) is 8.48. The maximum absolute atomic E-state index is 6.46. The van der Waals surface area contributed by atoms with Crippen molar-refractivity contribution in [3.05, 3.63) is 134 Å². The average molecular weight is 523 g/mol. The monoisotopic (exact) mass is 522 g/mol. The average Bonchev–Trinajstić information content (AvgIpc) is 3.44. The van der Waals surface area contributed by atoms with E-state index in [1.807, 2.05) is 18.3 Å². The molecule has 0 aliphatic heterocycles. The molecule has 0 N–H and O–H groups in total. The van der Waals surface area contributed by atoms with Gasteiger partial charge in [0, 0.05) is 32.7 Å². The van der Waals surface area contributed by atoms with Crippen LogP contribution in [0.25, 0.3) is 87.7 Å². The van der Waals surface area contributed by atoms with Gasteiger partial charge < -0.3 is 4.42 Å². The number of benzene rings is 7. The molecule has 0 spiro atoms. The molecule has 3 heteroatoms. The SMILES string of the molecule is c1ccc2c(c1)cc(-c1ccc(-c3cnc4c5ccccc5c5ccccc5c4n3)cc1)c1oc3ccccc3c12. The number of nitrogens with zero attached hydrogens (tertiary/aromatic N) is 2. The smallest absolute Gasteiger partial charge is 0.143 e. The van der Waals surface area contributed by atoms with Crippen LogP contribution in [0, 0.1) is 0 Å². The second-order valence-corrected chi connectivity index (χ2v) is 10.6. The summed E-state index contributed by atoms with van der Waals surface area (Å²) in [7, 11) is 0. The highest BCUT2D eigenvalue weighted by atomic mass is 16.3. The van der Waals surface area contributed by atoms with Crippen molar-refractivity contribution in [2.75, 3.05) is 0 Å². The Morgan fingerprint density at radius 2 is 1.07 bits per heavy atom. The molecule has 0 bridgehead atoms. The Balaban J connectivity index is 1.22. The summed E-state index contributed by atoms with van der Waals surface area (Å²) < 4.78 is 6.46. The Labute approximate surface area is 235 Å². The van der Waals surface area contributed by atoms with Crippen LogP contribution in [0.3, 0.4) is 0 Å². The van der Waals surface area contributed by atoms with Crippen molar-refractivity contribution >= 4 is 65.3 Å². The Morgan fingerprint density at radius 1 is 0.488 bits per heavy atom. The number of rotatable bonds is 2. The molecule has 0 radical (unpaired) electrons. The molecule has 41 heavy (non-hydrogen) atoms. The second-order valence-electron chi connectivity index (χ2n) is 10.6. The Morgan fingerprint density at radius 3 is 1.83 bits per heavy atom. The molecule has 0 atom stereocenters. The van der Waals surface area contributed by atoms with E-state index in [9.17, 15) is 0 Å². The summed E-state index contributed by atoms with van der Waals surface area (Å²) in [6.45, 7) is 0. The topological polar surface area (TPSA) is 38.9 Å². The molecule has 0 amide bonds. The molecule has 0 saturated heterocycles. The minimum absolute atomic E-state index is 0.858. The molecule has 0 saturated carbocycles. The molecule has 3 nitrogen and oxygen atoms in total. The fourth-order valence-corrected chi connectivity index (χ4v) is 6.37. The Bertz CT molecular complexity index is 2440. The van der Waals surface area contributed by atoms with Crippen LogP contribution in [0.1, 0.15) is 0 Å². The van der Waals surface area contributed by atoms with E-state index in [0.717, 1.165) is 66.1 Å². The van der Waals surface area contributed by atoms with Crippen LogP contribution in [0.2, 0.25) is 0 Å². The van der Waals surface area contributed by atoms with Crippen molar-refractivity contribution in [1.29, 1.82) is 0 Å². The van der Waals surface area contributed by atoms with E-state index in [1.165, 1.54) is 21.5 Å². The van der Waals surface area contributed by atoms with E-state index >= 15 is 0 Å². The molecule has 0 aliphatic rings. The molecule has 190 valence electrons. The van der Waals surface area contributed by atoms with E-state index in [2.05, 4.69) is 115 Å². The van der Waals surface area contributed by atoms with E-state index in [4.69, 9.17) is 14.4 Å². The van der Waals surface area contributed by atoms with Gasteiger partial charge in [-0.15, -0.1) is 0 Å². The van der Waals surface area contributed by atoms with Crippen molar-refractivity contribution in [2.24, 2.45) is 0 Å². The van der Waals surface area contributed by atoms with Crippen LogP contribution < -0.4 is 0 Å². The molecule has 2 aromatic heterocycles. The van der Waals surface area contributed by atoms with Gasteiger partial charge in [0.2, 0.25) is 0 Å². The summed E-state index contributed by atoms with van der Waals surface area (Å²) in [5, 5.41) is 9.36. The third kappa shape index (κ3) is 3.26. The van der Waals surface area contributed by atoms with Crippen molar-refractivity contribution in [2.45, 2.75) is 0 Å². The highest BCUT2D eigenvalue weighted by Crippen LogP contribution is 2.41. The summed E-state index contributed by atoms with van der Waals surface area (Å²) >= 11 is 0. The van der Waals surface area contributed by atoms with Gasteiger partial charge in [-0.25, -0.2) is 4.98 Å². The standard InChI is InChI=1S/C38H22N2O/c1-2-10-26-25(9-1)21-32(38-35(26)31-15-7-8-16-34(31)41-38)23-17-19-24(20-18-23)33-22-39-36-29-13-5-3-11-27(29)28-12-4-6-14-30(28)37(36)40-33/h1-22H. The van der Waals surface area contributed by atoms with Crippen LogP contribution >= 0.6 is 0 Å². The Hall–Kier alpha value is -5.54. The first-order chi connectivity index (χ1) is 20.3. The molecule has 0 unspecified atom stereocenters. The van der Waals surface area contributed by atoms with Crippen LogP contribution in [-0.4, -0.2) is 9.97 Å². The maximum atomic E-state index is 6.46. The highest BCUT2D eigenvalue weighted by molar-refractivity contribution is 6.24. The summed E-state index contributed by atoms with van der Waals surface area (Å²) in [6.07, 6.45) is 1.89. The molecular formula is C38H22N2O. The molecule has 2 heterocycles. The van der Waals surface area contributed by atoms with Gasteiger partial charge in [0.25, 0.3) is 0 Å².